The van der Waals surface area contributed by atoms with Gasteiger partial charge in [-0.3, -0.25) is 4.79 Å². The van der Waals surface area contributed by atoms with Gasteiger partial charge in [0, 0.05) is 0 Å². The van der Waals surface area contributed by atoms with E-state index in [1.807, 2.05) is 0 Å². The van der Waals surface area contributed by atoms with Crippen LogP contribution in [0, 0.1) is 0 Å². The average Bonchev–Trinajstić information content (AvgIpc) is 0.918. The predicted molar refractivity (Wildman–Crippen MR) is 10.9 cm³/mol. The summed E-state index contributed by atoms with van der Waals surface area (Å²) in [7, 11) is 0. The van der Waals surface area contributed by atoms with E-state index in [0.717, 1.165) is 0 Å². The molecule has 0 amide bonds. The summed E-state index contributed by atoms with van der Waals surface area (Å²) in [6, 6.07) is 0. The Morgan fingerprint density at radius 3 is 1.80 bits per heavy atom. The fourth-order valence-electron chi connectivity index (χ4n) is 0. The Morgan fingerprint density at radius 1 is 1.80 bits per heavy atom. The van der Waals surface area contributed by atoms with Crippen LogP contribution in [0.3, 0.4) is 0 Å². The van der Waals surface area contributed by atoms with Crippen molar-refractivity contribution in [3.05, 3.63) is 0 Å². The van der Waals surface area contributed by atoms with Crippen molar-refractivity contribution in [1.82, 2.24) is 0 Å². The van der Waals surface area contributed by atoms with Crippen molar-refractivity contribution >= 4 is 6.47 Å². The van der Waals surface area contributed by atoms with Crippen molar-refractivity contribution in [2.24, 2.45) is 0 Å². The quantitative estimate of drug-likeness (QED) is 0.443. The van der Waals surface area contributed by atoms with E-state index in [9.17, 15) is 0 Å². The molecule has 0 bridgehead atoms. The van der Waals surface area contributed by atoms with E-state index in [-0.39, 0.29) is 136 Å². The Morgan fingerprint density at radius 2 is 1.80 bits per heavy atom. The molecule has 0 aromatic rings. The van der Waals surface area contributed by atoms with E-state index in [4.69, 9.17) is 9.90 Å². The fourth-order valence-corrected chi connectivity index (χ4v) is 0. The Kier molecular flexibility index (Phi) is 49.4. The van der Waals surface area contributed by atoms with Gasteiger partial charge in [0.05, 0.1) is 0 Å². The van der Waals surface area contributed by atoms with Crippen molar-refractivity contribution in [2.45, 2.75) is 0 Å². The maximum atomic E-state index is 8.36. The minimum absolute atomic E-state index is 0. The number of carbonyl (C=O) groups is 1. The van der Waals surface area contributed by atoms with Gasteiger partial charge < -0.3 is 7.96 Å². The standard InChI is InChI=1S/CH2O2.Cs.Rb.2H/c2-1-3;;;;/h1H,(H,2,3);;;;/q;2*+1;2*-1. The van der Waals surface area contributed by atoms with Gasteiger partial charge in [0.2, 0.25) is 0 Å². The van der Waals surface area contributed by atoms with Crippen LogP contribution >= 0.6 is 0 Å². The molecule has 0 rings (SSSR count). The normalized spacial score (nSPS) is 2.40. The van der Waals surface area contributed by atoms with E-state index in [0.29, 0.717) is 0 Å². The van der Waals surface area contributed by atoms with E-state index < -0.39 is 0 Å². The number of carboxylic acid groups (broad SMARTS) is 1. The Hall–Kier alpha value is 3.33. The molecule has 0 aliphatic heterocycles. The van der Waals surface area contributed by atoms with Crippen LogP contribution in [0.2, 0.25) is 0 Å². The summed E-state index contributed by atoms with van der Waals surface area (Å²) in [5, 5.41) is 6.89. The molecule has 0 aromatic carbocycles. The zero-order chi connectivity index (χ0) is 2.71. The molecule has 0 aliphatic carbocycles. The van der Waals surface area contributed by atoms with Crippen molar-refractivity contribution in [3.63, 3.8) is 0 Å². The van der Waals surface area contributed by atoms with Gasteiger partial charge in [-0.2, -0.15) is 0 Å². The second-order valence-corrected chi connectivity index (χ2v) is 0.105. The van der Waals surface area contributed by atoms with Crippen LogP contribution in [0.4, 0.5) is 0 Å². The molecule has 5 heavy (non-hydrogen) atoms. The third-order valence-corrected chi connectivity index (χ3v) is 0. The summed E-state index contributed by atoms with van der Waals surface area (Å²) < 4.78 is 0. The molecule has 0 unspecified atom stereocenters. The zero-order valence-corrected chi connectivity index (χ0v) is 14.6. The maximum Gasteiger partial charge on any atom is 1.00 e. The molecule has 0 atom stereocenters. The minimum Gasteiger partial charge on any atom is -1.00 e. The summed E-state index contributed by atoms with van der Waals surface area (Å²) in [4.78, 5) is 8.36. The molecular formula is CH4CsO2Rb. The fraction of sp³-hybridized carbons (Fsp3) is 0. The molecule has 0 heterocycles. The predicted octanol–water partition coefficient (Wildman–Crippen LogP) is -6.07. The summed E-state index contributed by atoms with van der Waals surface area (Å²) in [6.45, 7) is -0.250. The van der Waals surface area contributed by atoms with Crippen LogP contribution in [0.1, 0.15) is 2.85 Å². The monoisotopic (exact) mass is 266 g/mol. The van der Waals surface area contributed by atoms with Crippen LogP contribution in [0.15, 0.2) is 0 Å². The van der Waals surface area contributed by atoms with Gasteiger partial charge in [-0.15, -0.1) is 0 Å². The minimum atomic E-state index is -0.250. The van der Waals surface area contributed by atoms with Gasteiger partial charge in [0.15, 0.2) is 0 Å². The molecule has 0 aromatic heterocycles. The molecule has 0 spiro atoms. The third-order valence-electron chi connectivity index (χ3n) is 0. The van der Waals surface area contributed by atoms with Crippen LogP contribution in [-0.2, 0) is 4.79 Å². The van der Waals surface area contributed by atoms with Crippen molar-refractivity contribution in [3.8, 4) is 0 Å². The molecule has 22 valence electrons. The van der Waals surface area contributed by atoms with Gasteiger partial charge in [-0.05, 0) is 0 Å². The molecule has 2 nitrogen and oxygen atoms in total. The molecule has 4 heteroatoms. The number of hydrogen-bond acceptors (Lipinski definition) is 1. The Labute approximate surface area is 141 Å². The summed E-state index contributed by atoms with van der Waals surface area (Å²) in [5.74, 6) is 0. The second-order valence-electron chi connectivity index (χ2n) is 0.105. The first-order valence-corrected chi connectivity index (χ1v) is 0.494. The average molecular weight is 266 g/mol. The Balaban J connectivity index is -0.00000000333. The summed E-state index contributed by atoms with van der Waals surface area (Å²) in [6.07, 6.45) is 0. The molecule has 1 N–H and O–H groups in total. The van der Waals surface area contributed by atoms with Crippen LogP contribution in [0.5, 0.6) is 0 Å². The van der Waals surface area contributed by atoms with Crippen molar-refractivity contribution in [1.29, 1.82) is 0 Å². The molecule has 0 aliphatic rings. The third kappa shape index (κ3) is 18.8. The number of rotatable bonds is 0. The SMILES string of the molecule is O=CO.[Cs+].[H-].[H-].[Rb+]. The van der Waals surface area contributed by atoms with Gasteiger partial charge >= 0.3 is 127 Å². The topological polar surface area (TPSA) is 37.3 Å². The molecule has 0 saturated heterocycles. The number of hydrogen-bond donors (Lipinski definition) is 1. The van der Waals surface area contributed by atoms with Gasteiger partial charge in [-0.1, -0.05) is 0 Å². The Bertz CT molecular complexity index is 23.2. The first kappa shape index (κ1) is 15.8. The maximum absolute atomic E-state index is 8.36. The van der Waals surface area contributed by atoms with Crippen LogP contribution in [0.25, 0.3) is 0 Å². The first-order chi connectivity index (χ1) is 1.41. The van der Waals surface area contributed by atoms with E-state index in [1.54, 1.807) is 0 Å². The smallest absolute Gasteiger partial charge is 1.00 e. The molecule has 0 radical (unpaired) electrons. The van der Waals surface area contributed by atoms with Gasteiger partial charge in [0.1, 0.15) is 0 Å². The van der Waals surface area contributed by atoms with Gasteiger partial charge in [-0.25, -0.2) is 0 Å². The zero-order valence-electron chi connectivity index (χ0n) is 5.43. The molecule has 0 fully saturated rings. The first-order valence-electron chi connectivity index (χ1n) is 0.494. The molecule has 0 saturated carbocycles. The van der Waals surface area contributed by atoms with Gasteiger partial charge in [0.25, 0.3) is 6.47 Å². The summed E-state index contributed by atoms with van der Waals surface area (Å²) >= 11 is 0. The van der Waals surface area contributed by atoms with Crippen LogP contribution in [-0.4, -0.2) is 11.6 Å². The van der Waals surface area contributed by atoms with Crippen LogP contribution < -0.4 is 127 Å². The second kappa shape index (κ2) is 15.7. The van der Waals surface area contributed by atoms with Crippen molar-refractivity contribution in [2.75, 3.05) is 0 Å². The summed E-state index contributed by atoms with van der Waals surface area (Å²) in [5.41, 5.74) is 0. The van der Waals surface area contributed by atoms with E-state index in [1.165, 1.54) is 0 Å². The van der Waals surface area contributed by atoms with E-state index >= 15 is 0 Å². The van der Waals surface area contributed by atoms with E-state index in [2.05, 4.69) is 0 Å². The largest absolute Gasteiger partial charge is 1.00 e. The molecular weight excluding hydrogens is 262 g/mol. The van der Waals surface area contributed by atoms with Crippen molar-refractivity contribution < 1.29 is 140 Å².